The predicted molar refractivity (Wildman–Crippen MR) is 68.3 cm³/mol. The minimum atomic E-state index is 0.174. The normalized spacial score (nSPS) is 12.0. The van der Waals surface area contributed by atoms with E-state index in [9.17, 15) is 0 Å². The molecule has 16 heavy (non-hydrogen) atoms. The van der Waals surface area contributed by atoms with E-state index in [1.165, 1.54) is 16.3 Å². The minimum Gasteiger partial charge on any atom is -0.326 e. The molecule has 0 radical (unpaired) electrons. The number of benzene rings is 1. The molecule has 84 valence electrons. The summed E-state index contributed by atoms with van der Waals surface area (Å²) < 4.78 is 0. The van der Waals surface area contributed by atoms with Crippen LogP contribution in [-0.4, -0.2) is 4.98 Å². The minimum absolute atomic E-state index is 0.174. The Morgan fingerprint density at radius 1 is 1.19 bits per heavy atom. The molecule has 2 N–H and O–H groups in total. The first-order valence-corrected chi connectivity index (χ1v) is 5.59. The summed E-state index contributed by atoms with van der Waals surface area (Å²) in [6, 6.07) is 6.54. The monoisotopic (exact) mass is 214 g/mol. The van der Waals surface area contributed by atoms with E-state index in [4.69, 9.17) is 5.73 Å². The number of aromatic nitrogens is 1. The molecule has 2 nitrogen and oxygen atoms in total. The zero-order chi connectivity index (χ0) is 11.8. The van der Waals surface area contributed by atoms with Crippen molar-refractivity contribution in [3.8, 4) is 0 Å². The van der Waals surface area contributed by atoms with Crippen LogP contribution in [-0.2, 0) is 12.0 Å². The van der Waals surface area contributed by atoms with Gasteiger partial charge in [-0.15, -0.1) is 0 Å². The van der Waals surface area contributed by atoms with Crippen molar-refractivity contribution in [1.82, 2.24) is 4.98 Å². The fourth-order valence-corrected chi connectivity index (χ4v) is 1.87. The van der Waals surface area contributed by atoms with Gasteiger partial charge in [0.05, 0.1) is 0 Å². The van der Waals surface area contributed by atoms with Crippen LogP contribution in [0.4, 0.5) is 0 Å². The first-order chi connectivity index (χ1) is 7.52. The molecule has 0 aliphatic heterocycles. The molecule has 0 unspecified atom stereocenters. The number of nitrogens with zero attached hydrogens (tertiary/aromatic N) is 1. The number of nitrogens with two attached hydrogens (primary N) is 1. The Labute approximate surface area is 96.5 Å². The van der Waals surface area contributed by atoms with E-state index in [1.807, 2.05) is 12.4 Å². The lowest BCUT2D eigenvalue weighted by Gasteiger charge is -2.19. The highest BCUT2D eigenvalue weighted by molar-refractivity contribution is 5.85. The van der Waals surface area contributed by atoms with Crippen LogP contribution in [0.2, 0.25) is 0 Å². The molecule has 2 rings (SSSR count). The Bertz CT molecular complexity index is 510. The van der Waals surface area contributed by atoms with Crippen LogP contribution >= 0.6 is 0 Å². The van der Waals surface area contributed by atoms with E-state index >= 15 is 0 Å². The van der Waals surface area contributed by atoms with Gasteiger partial charge in [-0.2, -0.15) is 0 Å². The van der Waals surface area contributed by atoms with Crippen LogP contribution in [0.1, 0.15) is 31.9 Å². The molecule has 1 heterocycles. The van der Waals surface area contributed by atoms with E-state index in [2.05, 4.69) is 44.0 Å². The SMILES string of the molecule is CC(C)(C)c1ccc2c(CN)cncc2c1. The van der Waals surface area contributed by atoms with E-state index in [1.54, 1.807) is 0 Å². The Hall–Kier alpha value is -1.41. The first kappa shape index (κ1) is 11.1. The van der Waals surface area contributed by atoms with Crippen LogP contribution in [0.25, 0.3) is 10.8 Å². The molecule has 0 atom stereocenters. The third-order valence-electron chi connectivity index (χ3n) is 2.93. The van der Waals surface area contributed by atoms with Crippen molar-refractivity contribution in [3.05, 3.63) is 41.7 Å². The Morgan fingerprint density at radius 3 is 2.56 bits per heavy atom. The van der Waals surface area contributed by atoms with Gasteiger partial charge < -0.3 is 5.73 Å². The van der Waals surface area contributed by atoms with Crippen LogP contribution in [0.3, 0.4) is 0 Å². The fraction of sp³-hybridized carbons (Fsp3) is 0.357. The Kier molecular flexibility index (Phi) is 2.68. The van der Waals surface area contributed by atoms with E-state index in [0.717, 1.165) is 5.56 Å². The average molecular weight is 214 g/mol. The Balaban J connectivity index is 2.64. The topological polar surface area (TPSA) is 38.9 Å². The predicted octanol–water partition coefficient (Wildman–Crippen LogP) is 2.99. The summed E-state index contributed by atoms with van der Waals surface area (Å²) >= 11 is 0. The van der Waals surface area contributed by atoms with Crippen molar-refractivity contribution in [2.24, 2.45) is 5.73 Å². The van der Waals surface area contributed by atoms with Gasteiger partial charge in [-0.3, -0.25) is 4.98 Å². The smallest absolute Gasteiger partial charge is 0.0346 e. The van der Waals surface area contributed by atoms with Crippen LogP contribution < -0.4 is 5.73 Å². The third kappa shape index (κ3) is 1.93. The van der Waals surface area contributed by atoms with Crippen molar-refractivity contribution in [2.75, 3.05) is 0 Å². The number of fused-ring (bicyclic) bond motifs is 1. The molecule has 0 aliphatic carbocycles. The molecular weight excluding hydrogens is 196 g/mol. The van der Waals surface area contributed by atoms with Crippen molar-refractivity contribution < 1.29 is 0 Å². The first-order valence-electron chi connectivity index (χ1n) is 5.59. The van der Waals surface area contributed by atoms with Crippen molar-refractivity contribution >= 4 is 10.8 Å². The summed E-state index contributed by atoms with van der Waals surface area (Å²) in [6.07, 6.45) is 3.75. The van der Waals surface area contributed by atoms with Crippen LogP contribution in [0.5, 0.6) is 0 Å². The standard InChI is InChI=1S/C14H18N2/c1-14(2,3)12-4-5-13-10(6-12)8-16-9-11(13)7-15/h4-6,8-9H,7,15H2,1-3H3. The highest BCUT2D eigenvalue weighted by atomic mass is 14.6. The van der Waals surface area contributed by atoms with E-state index in [0.29, 0.717) is 6.54 Å². The van der Waals surface area contributed by atoms with Crippen LogP contribution in [0, 0.1) is 0 Å². The maximum atomic E-state index is 5.70. The molecule has 0 fully saturated rings. The van der Waals surface area contributed by atoms with Gasteiger partial charge in [0.25, 0.3) is 0 Å². The molecule has 1 aromatic carbocycles. The lowest BCUT2D eigenvalue weighted by Crippen LogP contribution is -2.10. The van der Waals surface area contributed by atoms with Gasteiger partial charge in [0, 0.05) is 24.3 Å². The van der Waals surface area contributed by atoms with Gasteiger partial charge in [0.2, 0.25) is 0 Å². The van der Waals surface area contributed by atoms with Crippen molar-refractivity contribution in [2.45, 2.75) is 32.7 Å². The van der Waals surface area contributed by atoms with Gasteiger partial charge in [0.15, 0.2) is 0 Å². The highest BCUT2D eigenvalue weighted by Gasteiger charge is 2.14. The number of pyridine rings is 1. The van der Waals surface area contributed by atoms with E-state index < -0.39 is 0 Å². The van der Waals surface area contributed by atoms with E-state index in [-0.39, 0.29) is 5.41 Å². The molecule has 0 saturated heterocycles. The van der Waals surface area contributed by atoms with Gasteiger partial charge in [-0.25, -0.2) is 0 Å². The second-order valence-corrected chi connectivity index (χ2v) is 5.19. The number of hydrogen-bond acceptors (Lipinski definition) is 2. The van der Waals surface area contributed by atoms with Crippen LogP contribution in [0.15, 0.2) is 30.6 Å². The Morgan fingerprint density at radius 2 is 1.94 bits per heavy atom. The lowest BCUT2D eigenvalue weighted by atomic mass is 9.86. The second-order valence-electron chi connectivity index (χ2n) is 5.19. The summed E-state index contributed by atoms with van der Waals surface area (Å²) in [4.78, 5) is 4.23. The van der Waals surface area contributed by atoms with Gasteiger partial charge in [0.1, 0.15) is 0 Å². The number of hydrogen-bond donors (Lipinski definition) is 1. The maximum Gasteiger partial charge on any atom is 0.0346 e. The van der Waals surface area contributed by atoms with Gasteiger partial charge >= 0.3 is 0 Å². The zero-order valence-corrected chi connectivity index (χ0v) is 10.1. The molecule has 0 spiro atoms. The zero-order valence-electron chi connectivity index (χ0n) is 10.1. The average Bonchev–Trinajstić information content (AvgIpc) is 2.26. The molecule has 0 amide bonds. The second kappa shape index (κ2) is 3.87. The molecular formula is C14H18N2. The number of rotatable bonds is 1. The van der Waals surface area contributed by atoms with Crippen molar-refractivity contribution in [1.29, 1.82) is 0 Å². The lowest BCUT2D eigenvalue weighted by molar-refractivity contribution is 0.591. The summed E-state index contributed by atoms with van der Waals surface area (Å²) in [7, 11) is 0. The van der Waals surface area contributed by atoms with Crippen molar-refractivity contribution in [3.63, 3.8) is 0 Å². The molecule has 0 bridgehead atoms. The molecule has 2 heteroatoms. The molecule has 1 aromatic heterocycles. The van der Waals surface area contributed by atoms with Gasteiger partial charge in [-0.05, 0) is 28.0 Å². The molecule has 0 aliphatic rings. The molecule has 0 saturated carbocycles. The summed E-state index contributed by atoms with van der Waals surface area (Å²) in [5.41, 5.74) is 8.31. The highest BCUT2D eigenvalue weighted by Crippen LogP contribution is 2.26. The largest absolute Gasteiger partial charge is 0.326 e. The fourth-order valence-electron chi connectivity index (χ4n) is 1.87. The maximum absolute atomic E-state index is 5.70. The quantitative estimate of drug-likeness (QED) is 0.792. The summed E-state index contributed by atoms with van der Waals surface area (Å²) in [5.74, 6) is 0. The summed E-state index contributed by atoms with van der Waals surface area (Å²) in [5, 5.41) is 2.39. The third-order valence-corrected chi connectivity index (χ3v) is 2.93. The van der Waals surface area contributed by atoms with Gasteiger partial charge in [-0.1, -0.05) is 32.9 Å². The molecule has 2 aromatic rings. The summed E-state index contributed by atoms with van der Waals surface area (Å²) in [6.45, 7) is 7.19.